The maximum Gasteiger partial charge on any atom is 0.252 e. The maximum atomic E-state index is 12.0. The molecular formula is C13H20N2O2S2. The molecule has 0 unspecified atom stereocenters. The minimum Gasteiger partial charge on any atom is -0.380 e. The van der Waals surface area contributed by atoms with Gasteiger partial charge in [-0.3, -0.25) is 4.79 Å². The van der Waals surface area contributed by atoms with E-state index in [0.717, 1.165) is 28.6 Å². The van der Waals surface area contributed by atoms with Gasteiger partial charge in [-0.25, -0.2) is 4.98 Å². The van der Waals surface area contributed by atoms with Gasteiger partial charge in [-0.2, -0.15) is 11.8 Å². The number of aryl methyl sites for hydroxylation is 2. The first-order valence-electron chi connectivity index (χ1n) is 6.52. The second kappa shape index (κ2) is 6.24. The summed E-state index contributed by atoms with van der Waals surface area (Å²) in [6.45, 7) is 4.59. The molecule has 2 rings (SSSR count). The summed E-state index contributed by atoms with van der Waals surface area (Å²) in [6, 6.07) is 0. The molecule has 2 heterocycles. The Labute approximate surface area is 122 Å². The van der Waals surface area contributed by atoms with Gasteiger partial charge in [-0.15, -0.1) is 11.3 Å². The van der Waals surface area contributed by atoms with Crippen LogP contribution in [0, 0.1) is 13.8 Å². The van der Waals surface area contributed by atoms with E-state index < -0.39 is 5.60 Å². The van der Waals surface area contributed by atoms with Crippen molar-refractivity contribution in [2.75, 3.05) is 18.1 Å². The molecule has 106 valence electrons. The van der Waals surface area contributed by atoms with Crippen LogP contribution in [0.4, 0.5) is 0 Å². The van der Waals surface area contributed by atoms with Gasteiger partial charge in [-0.05, 0) is 38.2 Å². The highest BCUT2D eigenvalue weighted by atomic mass is 32.2. The highest BCUT2D eigenvalue weighted by molar-refractivity contribution is 7.99. The molecule has 1 aliphatic rings. The van der Waals surface area contributed by atoms with Crippen LogP contribution in [0.5, 0.6) is 0 Å². The van der Waals surface area contributed by atoms with Gasteiger partial charge >= 0.3 is 0 Å². The Morgan fingerprint density at radius 2 is 2.11 bits per heavy atom. The summed E-state index contributed by atoms with van der Waals surface area (Å²) in [6.07, 6.45) is 1.84. The van der Waals surface area contributed by atoms with Crippen molar-refractivity contribution >= 4 is 29.0 Å². The predicted molar refractivity (Wildman–Crippen MR) is 79.8 cm³/mol. The molecule has 2 N–H and O–H groups in total. The van der Waals surface area contributed by atoms with Crippen molar-refractivity contribution in [1.82, 2.24) is 10.3 Å². The highest BCUT2D eigenvalue weighted by Gasteiger charge is 2.36. The van der Waals surface area contributed by atoms with E-state index >= 15 is 0 Å². The SMILES string of the molecule is Cc1nc(CCNC(=O)C2(O)CCSCC2)sc1C. The largest absolute Gasteiger partial charge is 0.380 e. The minimum atomic E-state index is -1.15. The van der Waals surface area contributed by atoms with Gasteiger partial charge in [0, 0.05) is 17.8 Å². The van der Waals surface area contributed by atoms with E-state index in [1.54, 1.807) is 23.1 Å². The van der Waals surface area contributed by atoms with Crippen LogP contribution in [0.25, 0.3) is 0 Å². The fourth-order valence-electron chi connectivity index (χ4n) is 2.03. The summed E-state index contributed by atoms with van der Waals surface area (Å²) in [4.78, 5) is 17.7. The Morgan fingerprint density at radius 3 is 2.68 bits per heavy atom. The van der Waals surface area contributed by atoms with E-state index in [1.165, 1.54) is 4.88 Å². The van der Waals surface area contributed by atoms with E-state index in [4.69, 9.17) is 0 Å². The normalized spacial score (nSPS) is 18.3. The first-order chi connectivity index (χ1) is 9.01. The van der Waals surface area contributed by atoms with Crippen molar-refractivity contribution in [3.05, 3.63) is 15.6 Å². The zero-order valence-corrected chi connectivity index (χ0v) is 13.0. The lowest BCUT2D eigenvalue weighted by Gasteiger charge is -2.30. The molecule has 0 spiro atoms. The molecule has 19 heavy (non-hydrogen) atoms. The summed E-state index contributed by atoms with van der Waals surface area (Å²) < 4.78 is 0. The lowest BCUT2D eigenvalue weighted by molar-refractivity contribution is -0.140. The first kappa shape index (κ1) is 14.8. The molecule has 0 aliphatic carbocycles. The summed E-state index contributed by atoms with van der Waals surface area (Å²) in [7, 11) is 0. The second-order valence-electron chi connectivity index (χ2n) is 4.90. The molecule has 1 fully saturated rings. The number of aromatic nitrogens is 1. The van der Waals surface area contributed by atoms with Crippen molar-refractivity contribution in [3.63, 3.8) is 0 Å². The number of thiazole rings is 1. The van der Waals surface area contributed by atoms with Gasteiger partial charge in [0.05, 0.1) is 10.7 Å². The van der Waals surface area contributed by atoms with Crippen molar-refractivity contribution in [2.24, 2.45) is 0 Å². The molecule has 1 aliphatic heterocycles. The summed E-state index contributed by atoms with van der Waals surface area (Å²) in [5, 5.41) is 14.1. The van der Waals surface area contributed by atoms with Crippen LogP contribution < -0.4 is 5.32 Å². The lowest BCUT2D eigenvalue weighted by Crippen LogP contribution is -2.49. The molecule has 0 atom stereocenters. The van der Waals surface area contributed by atoms with Crippen molar-refractivity contribution in [2.45, 2.75) is 38.7 Å². The van der Waals surface area contributed by atoms with Gasteiger partial charge in [-0.1, -0.05) is 0 Å². The number of hydrogen-bond donors (Lipinski definition) is 2. The fraction of sp³-hybridized carbons (Fsp3) is 0.692. The molecule has 1 amide bonds. The number of aliphatic hydroxyl groups is 1. The van der Waals surface area contributed by atoms with Crippen molar-refractivity contribution in [1.29, 1.82) is 0 Å². The number of thioether (sulfide) groups is 1. The standard InChI is InChI=1S/C13H20N2O2S2/c1-9-10(2)19-11(15-9)3-6-14-12(16)13(17)4-7-18-8-5-13/h17H,3-8H2,1-2H3,(H,14,16). The second-order valence-corrected chi connectivity index (χ2v) is 7.41. The van der Waals surface area contributed by atoms with Crippen LogP contribution in [0.3, 0.4) is 0 Å². The van der Waals surface area contributed by atoms with Gasteiger partial charge in [0.15, 0.2) is 0 Å². The van der Waals surface area contributed by atoms with Crippen LogP contribution in [0.2, 0.25) is 0 Å². The number of amides is 1. The van der Waals surface area contributed by atoms with Crippen molar-refractivity contribution in [3.8, 4) is 0 Å². The van der Waals surface area contributed by atoms with E-state index in [0.29, 0.717) is 19.4 Å². The number of carbonyl (C=O) groups excluding carboxylic acids is 1. The third-order valence-electron chi connectivity index (χ3n) is 3.44. The molecule has 4 nitrogen and oxygen atoms in total. The first-order valence-corrected chi connectivity index (χ1v) is 8.50. The fourth-order valence-corrected chi connectivity index (χ4v) is 4.13. The summed E-state index contributed by atoms with van der Waals surface area (Å²) >= 11 is 3.46. The molecule has 0 saturated carbocycles. The van der Waals surface area contributed by atoms with Gasteiger partial charge in [0.25, 0.3) is 5.91 Å². The minimum absolute atomic E-state index is 0.224. The quantitative estimate of drug-likeness (QED) is 0.888. The number of nitrogens with one attached hydrogen (secondary N) is 1. The Kier molecular flexibility index (Phi) is 4.86. The van der Waals surface area contributed by atoms with E-state index in [9.17, 15) is 9.90 Å². The van der Waals surface area contributed by atoms with Crippen LogP contribution >= 0.6 is 23.1 Å². The monoisotopic (exact) mass is 300 g/mol. The van der Waals surface area contributed by atoms with Gasteiger partial charge in [0.1, 0.15) is 5.60 Å². The topological polar surface area (TPSA) is 62.2 Å². The maximum absolute atomic E-state index is 12.0. The molecule has 0 bridgehead atoms. The van der Waals surface area contributed by atoms with Crippen LogP contribution in [0.1, 0.15) is 28.4 Å². The van der Waals surface area contributed by atoms with E-state index in [2.05, 4.69) is 17.2 Å². The van der Waals surface area contributed by atoms with Crippen molar-refractivity contribution < 1.29 is 9.90 Å². The average molecular weight is 300 g/mol. The Balaban J connectivity index is 1.80. The van der Waals surface area contributed by atoms with Crippen LogP contribution in [-0.4, -0.2) is 39.6 Å². The zero-order chi connectivity index (χ0) is 13.9. The average Bonchev–Trinajstić information content (AvgIpc) is 2.69. The number of nitrogens with zero attached hydrogens (tertiary/aromatic N) is 1. The number of hydrogen-bond acceptors (Lipinski definition) is 5. The summed E-state index contributed by atoms with van der Waals surface area (Å²) in [5.41, 5.74) is -0.0887. The molecule has 1 aromatic heterocycles. The predicted octanol–water partition coefficient (Wildman–Crippen LogP) is 1.68. The third-order valence-corrected chi connectivity index (χ3v) is 5.56. The molecule has 1 aromatic rings. The third kappa shape index (κ3) is 3.70. The smallest absolute Gasteiger partial charge is 0.252 e. The number of rotatable bonds is 4. The van der Waals surface area contributed by atoms with E-state index in [-0.39, 0.29) is 5.91 Å². The lowest BCUT2D eigenvalue weighted by atomic mass is 9.96. The molecule has 0 radical (unpaired) electrons. The Hall–Kier alpha value is -0.590. The Morgan fingerprint density at radius 1 is 1.42 bits per heavy atom. The summed E-state index contributed by atoms with van der Waals surface area (Å²) in [5.74, 6) is 1.49. The molecule has 6 heteroatoms. The number of carbonyl (C=O) groups is 1. The zero-order valence-electron chi connectivity index (χ0n) is 11.4. The van der Waals surface area contributed by atoms with Gasteiger partial charge < -0.3 is 10.4 Å². The molecule has 1 saturated heterocycles. The van der Waals surface area contributed by atoms with Gasteiger partial charge in [0.2, 0.25) is 0 Å². The highest BCUT2D eigenvalue weighted by Crippen LogP contribution is 2.27. The molecular weight excluding hydrogens is 280 g/mol. The Bertz CT molecular complexity index is 434. The van der Waals surface area contributed by atoms with Crippen LogP contribution in [0.15, 0.2) is 0 Å². The van der Waals surface area contributed by atoms with E-state index in [1.807, 2.05) is 6.92 Å². The van der Waals surface area contributed by atoms with Crippen LogP contribution in [-0.2, 0) is 11.2 Å². The molecule has 0 aromatic carbocycles.